The van der Waals surface area contributed by atoms with E-state index in [9.17, 15) is 19.5 Å². The first kappa shape index (κ1) is 26.2. The van der Waals surface area contributed by atoms with Gasteiger partial charge in [-0.1, -0.05) is 48.5 Å². The van der Waals surface area contributed by atoms with Crippen LogP contribution in [0.3, 0.4) is 0 Å². The molecule has 2 aromatic carbocycles. The average molecular weight is 530 g/mol. The molecule has 1 aliphatic heterocycles. The fourth-order valence-corrected chi connectivity index (χ4v) is 5.21. The lowest BCUT2D eigenvalue weighted by Gasteiger charge is -2.41. The van der Waals surface area contributed by atoms with Crippen LogP contribution in [0.4, 0.5) is 9.59 Å². The second-order valence-corrected chi connectivity index (χ2v) is 10.8. The number of hydrogen-bond donors (Lipinski definition) is 1. The third kappa shape index (κ3) is 5.43. The maximum absolute atomic E-state index is 13.5. The molecule has 0 spiro atoms. The van der Waals surface area contributed by atoms with Gasteiger partial charge in [-0.15, -0.1) is 0 Å². The van der Waals surface area contributed by atoms with Gasteiger partial charge in [-0.05, 0) is 54.7 Å². The Kier molecular flexibility index (Phi) is 6.99. The van der Waals surface area contributed by atoms with E-state index < -0.39 is 29.8 Å². The molecule has 5 rings (SSSR count). The van der Waals surface area contributed by atoms with Crippen LogP contribution in [0, 0.1) is 0 Å². The molecule has 0 saturated carbocycles. The van der Waals surface area contributed by atoms with Crippen LogP contribution in [0.2, 0.25) is 0 Å². The number of fused-ring (bicyclic) bond motifs is 3. The summed E-state index contributed by atoms with van der Waals surface area (Å²) in [5, 5.41) is 9.49. The Labute approximate surface area is 227 Å². The van der Waals surface area contributed by atoms with Crippen molar-refractivity contribution in [2.45, 2.75) is 38.3 Å². The van der Waals surface area contributed by atoms with Crippen molar-refractivity contribution in [2.24, 2.45) is 0 Å². The van der Waals surface area contributed by atoms with E-state index >= 15 is 0 Å². The predicted molar refractivity (Wildman–Crippen MR) is 144 cm³/mol. The molecule has 1 atom stereocenters. The summed E-state index contributed by atoms with van der Waals surface area (Å²) in [5.41, 5.74) is 4.30. The van der Waals surface area contributed by atoms with Gasteiger partial charge in [0.2, 0.25) is 0 Å². The first-order valence-electron chi connectivity index (χ1n) is 12.9. The molecule has 202 valence electrons. The molecule has 1 N–H and O–H groups in total. The maximum Gasteiger partial charge on any atom is 0.410 e. The topological polar surface area (TPSA) is 109 Å². The maximum atomic E-state index is 13.5. The number of benzene rings is 2. The van der Waals surface area contributed by atoms with E-state index in [2.05, 4.69) is 29.2 Å². The Balaban J connectivity index is 1.38. The summed E-state index contributed by atoms with van der Waals surface area (Å²) in [6.07, 6.45) is 1.73. The SMILES string of the molecule is CC(C)(C)OC(=O)N1CCN(C(=O)OCC2c3ccccc3-c3ccccc32)C(c2cncc(C(=O)O)c2)C1. The molecule has 1 aromatic heterocycles. The van der Waals surface area contributed by atoms with Gasteiger partial charge in [0.1, 0.15) is 12.2 Å². The summed E-state index contributed by atoms with van der Waals surface area (Å²) in [6, 6.07) is 17.0. The number of rotatable bonds is 4. The number of amides is 2. The normalized spacial score (nSPS) is 16.8. The Morgan fingerprint density at radius 1 is 0.949 bits per heavy atom. The van der Waals surface area contributed by atoms with Crippen LogP contribution in [-0.4, -0.2) is 69.9 Å². The smallest absolute Gasteiger partial charge is 0.410 e. The van der Waals surface area contributed by atoms with Gasteiger partial charge in [0, 0.05) is 37.9 Å². The van der Waals surface area contributed by atoms with E-state index in [1.54, 1.807) is 20.8 Å². The highest BCUT2D eigenvalue weighted by molar-refractivity contribution is 5.87. The summed E-state index contributed by atoms with van der Waals surface area (Å²) < 4.78 is 11.4. The van der Waals surface area contributed by atoms with Gasteiger partial charge in [0.15, 0.2) is 0 Å². The number of aromatic carboxylic acids is 1. The van der Waals surface area contributed by atoms with Crippen molar-refractivity contribution in [3.63, 3.8) is 0 Å². The zero-order valence-electron chi connectivity index (χ0n) is 22.2. The van der Waals surface area contributed by atoms with Gasteiger partial charge in [0.05, 0.1) is 11.6 Å². The third-order valence-corrected chi connectivity index (χ3v) is 6.99. The minimum atomic E-state index is -1.13. The van der Waals surface area contributed by atoms with E-state index in [1.165, 1.54) is 28.3 Å². The number of carbonyl (C=O) groups excluding carboxylic acids is 2. The summed E-state index contributed by atoms with van der Waals surface area (Å²) in [5.74, 6) is -1.23. The molecule has 2 heterocycles. The molecule has 0 bridgehead atoms. The van der Waals surface area contributed by atoms with Crippen LogP contribution < -0.4 is 0 Å². The number of carboxylic acid groups (broad SMARTS) is 1. The molecule has 1 unspecified atom stereocenters. The van der Waals surface area contributed by atoms with Crippen molar-refractivity contribution in [1.29, 1.82) is 0 Å². The number of piperazine rings is 1. The van der Waals surface area contributed by atoms with E-state index in [0.717, 1.165) is 22.3 Å². The molecule has 9 heteroatoms. The second-order valence-electron chi connectivity index (χ2n) is 10.8. The highest BCUT2D eigenvalue weighted by Gasteiger charge is 2.37. The van der Waals surface area contributed by atoms with Gasteiger partial charge in [-0.3, -0.25) is 9.88 Å². The van der Waals surface area contributed by atoms with Crippen molar-refractivity contribution < 1.29 is 29.0 Å². The number of carboxylic acids is 1. The molecule has 9 nitrogen and oxygen atoms in total. The summed E-state index contributed by atoms with van der Waals surface area (Å²) >= 11 is 0. The van der Waals surface area contributed by atoms with E-state index in [1.807, 2.05) is 24.3 Å². The molecule has 0 radical (unpaired) electrons. The molecular weight excluding hydrogens is 498 g/mol. The van der Waals surface area contributed by atoms with Crippen molar-refractivity contribution in [1.82, 2.24) is 14.8 Å². The minimum Gasteiger partial charge on any atom is -0.478 e. The Bertz CT molecular complexity index is 1370. The zero-order chi connectivity index (χ0) is 27.7. The van der Waals surface area contributed by atoms with E-state index in [4.69, 9.17) is 9.47 Å². The van der Waals surface area contributed by atoms with Crippen LogP contribution >= 0.6 is 0 Å². The summed E-state index contributed by atoms with van der Waals surface area (Å²) in [6.45, 7) is 6.07. The van der Waals surface area contributed by atoms with Crippen LogP contribution in [0.25, 0.3) is 11.1 Å². The van der Waals surface area contributed by atoms with Gasteiger partial charge >= 0.3 is 18.2 Å². The highest BCUT2D eigenvalue weighted by Crippen LogP contribution is 2.44. The number of carbonyl (C=O) groups is 3. The number of hydrogen-bond acceptors (Lipinski definition) is 6. The van der Waals surface area contributed by atoms with E-state index in [-0.39, 0.29) is 37.7 Å². The van der Waals surface area contributed by atoms with Crippen molar-refractivity contribution in [3.8, 4) is 11.1 Å². The first-order chi connectivity index (χ1) is 18.6. The molecule has 1 saturated heterocycles. The predicted octanol–water partition coefficient (Wildman–Crippen LogP) is 5.32. The lowest BCUT2D eigenvalue weighted by molar-refractivity contribution is 0.00129. The molecule has 2 aliphatic rings. The van der Waals surface area contributed by atoms with Crippen molar-refractivity contribution in [2.75, 3.05) is 26.2 Å². The number of ether oxygens (including phenoxy) is 2. The number of aromatic nitrogens is 1. The third-order valence-electron chi connectivity index (χ3n) is 6.99. The Morgan fingerprint density at radius 2 is 1.59 bits per heavy atom. The molecular formula is C30H31N3O6. The van der Waals surface area contributed by atoms with Crippen LogP contribution in [0.15, 0.2) is 67.0 Å². The molecule has 3 aromatic rings. The monoisotopic (exact) mass is 529 g/mol. The minimum absolute atomic E-state index is 0.00521. The van der Waals surface area contributed by atoms with Crippen LogP contribution in [-0.2, 0) is 9.47 Å². The van der Waals surface area contributed by atoms with Crippen molar-refractivity contribution >= 4 is 18.2 Å². The van der Waals surface area contributed by atoms with Gasteiger partial charge in [0.25, 0.3) is 0 Å². The summed E-state index contributed by atoms with van der Waals surface area (Å²) in [7, 11) is 0. The number of pyridine rings is 1. The number of nitrogens with zero attached hydrogens (tertiary/aromatic N) is 3. The fourth-order valence-electron chi connectivity index (χ4n) is 5.21. The largest absolute Gasteiger partial charge is 0.478 e. The second kappa shape index (κ2) is 10.4. The first-order valence-corrected chi connectivity index (χ1v) is 12.9. The van der Waals surface area contributed by atoms with Gasteiger partial charge in [-0.2, -0.15) is 0 Å². The summed E-state index contributed by atoms with van der Waals surface area (Å²) in [4.78, 5) is 45.1. The quantitative estimate of drug-likeness (QED) is 0.487. The lowest BCUT2D eigenvalue weighted by Crippen LogP contribution is -2.53. The average Bonchev–Trinajstić information content (AvgIpc) is 3.24. The van der Waals surface area contributed by atoms with Crippen LogP contribution in [0.5, 0.6) is 0 Å². The highest BCUT2D eigenvalue weighted by atomic mass is 16.6. The lowest BCUT2D eigenvalue weighted by atomic mass is 9.98. The Hall–Kier alpha value is -4.40. The molecule has 39 heavy (non-hydrogen) atoms. The van der Waals surface area contributed by atoms with Crippen molar-refractivity contribution in [3.05, 3.63) is 89.2 Å². The Morgan fingerprint density at radius 3 is 2.21 bits per heavy atom. The molecule has 1 fully saturated rings. The van der Waals surface area contributed by atoms with Gasteiger partial charge in [-0.25, -0.2) is 14.4 Å². The van der Waals surface area contributed by atoms with Gasteiger partial charge < -0.3 is 19.5 Å². The van der Waals surface area contributed by atoms with Crippen LogP contribution in [0.1, 0.15) is 59.8 Å². The fraction of sp³-hybridized carbons (Fsp3) is 0.333. The molecule has 1 aliphatic carbocycles. The van der Waals surface area contributed by atoms with E-state index in [0.29, 0.717) is 5.56 Å². The standard InChI is InChI=1S/C30H31N3O6/c1-30(2,3)39-28(36)32-12-13-33(26(17-32)19-14-20(27(34)35)16-31-15-19)29(37)38-18-25-23-10-6-4-8-21(23)22-9-5-7-11-24(22)25/h4-11,14-16,25-26H,12-13,17-18H2,1-3H3,(H,34,35). The molecule has 2 amide bonds. The zero-order valence-corrected chi connectivity index (χ0v) is 22.2.